The van der Waals surface area contributed by atoms with Crippen molar-refractivity contribution in [1.29, 1.82) is 0 Å². The van der Waals surface area contributed by atoms with E-state index in [2.05, 4.69) is 33.0 Å². The molecule has 3 aromatic rings. The Hall–Kier alpha value is -3.09. The Kier molecular flexibility index (Phi) is 4.43. The molecule has 7 heteroatoms. The number of aromatic nitrogens is 3. The van der Waals surface area contributed by atoms with Crippen LogP contribution in [0.1, 0.15) is 23.5 Å². The van der Waals surface area contributed by atoms with Gasteiger partial charge in [0, 0.05) is 32.3 Å². The summed E-state index contributed by atoms with van der Waals surface area (Å²) < 4.78 is 10.6. The molecule has 27 heavy (non-hydrogen) atoms. The molecule has 4 rings (SSSR count). The summed E-state index contributed by atoms with van der Waals surface area (Å²) >= 11 is 0. The number of rotatable bonds is 4. The molecule has 0 radical (unpaired) electrons. The number of aromatic amines is 1. The number of H-pyrrole nitrogens is 1. The molecule has 1 N–H and O–H groups in total. The molecule has 0 fully saturated rings. The van der Waals surface area contributed by atoms with Gasteiger partial charge in [-0.15, -0.1) is 0 Å². The second-order valence-electron chi connectivity index (χ2n) is 6.75. The number of benzene rings is 1. The number of nitrogens with zero attached hydrogens (tertiary/aromatic N) is 3. The highest BCUT2D eigenvalue weighted by atomic mass is 16.5. The predicted octanol–water partition coefficient (Wildman–Crippen LogP) is 2.31. The van der Waals surface area contributed by atoms with Crippen LogP contribution in [-0.4, -0.2) is 42.8 Å². The highest BCUT2D eigenvalue weighted by Gasteiger charge is 2.16. The zero-order valence-electron chi connectivity index (χ0n) is 15.7. The van der Waals surface area contributed by atoms with Gasteiger partial charge >= 0.3 is 0 Å². The quantitative estimate of drug-likeness (QED) is 0.763. The number of ether oxygens (including phenoxy) is 2. The van der Waals surface area contributed by atoms with Gasteiger partial charge in [0.05, 0.1) is 36.5 Å². The molecule has 3 heterocycles. The maximum Gasteiger partial charge on any atom is 0.258 e. The van der Waals surface area contributed by atoms with Crippen LogP contribution in [0.3, 0.4) is 0 Å². The Bertz CT molecular complexity index is 1060. The summed E-state index contributed by atoms with van der Waals surface area (Å²) in [6.07, 6.45) is 4.51. The molecule has 0 saturated carbocycles. The van der Waals surface area contributed by atoms with Crippen LogP contribution >= 0.6 is 0 Å². The highest BCUT2D eigenvalue weighted by Crippen LogP contribution is 2.30. The first kappa shape index (κ1) is 17.3. The fourth-order valence-electron chi connectivity index (χ4n) is 3.54. The number of fused-ring (bicyclic) bond motifs is 2. The van der Waals surface area contributed by atoms with Crippen molar-refractivity contribution in [1.82, 2.24) is 15.0 Å². The molecule has 0 atom stereocenters. The fraction of sp³-hybridized carbons (Fsp3) is 0.350. The van der Waals surface area contributed by atoms with Gasteiger partial charge in [-0.1, -0.05) is 0 Å². The first-order chi connectivity index (χ1) is 13.1. The Morgan fingerprint density at radius 1 is 1.19 bits per heavy atom. The normalized spacial score (nSPS) is 13.5. The van der Waals surface area contributed by atoms with Gasteiger partial charge < -0.3 is 19.4 Å². The van der Waals surface area contributed by atoms with E-state index in [4.69, 9.17) is 9.47 Å². The van der Waals surface area contributed by atoms with E-state index in [1.54, 1.807) is 26.4 Å². The molecule has 0 unspecified atom stereocenters. The van der Waals surface area contributed by atoms with Gasteiger partial charge in [0.25, 0.3) is 5.56 Å². The second kappa shape index (κ2) is 6.90. The molecule has 1 aliphatic rings. The minimum absolute atomic E-state index is 0.195. The van der Waals surface area contributed by atoms with E-state index in [9.17, 15) is 4.79 Å². The fourth-order valence-corrected chi connectivity index (χ4v) is 3.54. The number of hydrogen-bond donors (Lipinski definition) is 1. The van der Waals surface area contributed by atoms with Crippen LogP contribution in [0.4, 0.5) is 5.69 Å². The molecule has 2 aromatic heterocycles. The lowest BCUT2D eigenvalue weighted by atomic mass is 10.1. The largest absolute Gasteiger partial charge is 0.493 e. The third kappa shape index (κ3) is 3.20. The van der Waals surface area contributed by atoms with Crippen molar-refractivity contribution in [3.8, 4) is 11.5 Å². The lowest BCUT2D eigenvalue weighted by Gasteiger charge is -2.27. The first-order valence-corrected chi connectivity index (χ1v) is 8.93. The van der Waals surface area contributed by atoms with Gasteiger partial charge in [0.2, 0.25) is 0 Å². The molecule has 140 valence electrons. The zero-order chi connectivity index (χ0) is 19.0. The Morgan fingerprint density at radius 3 is 2.74 bits per heavy atom. The van der Waals surface area contributed by atoms with E-state index < -0.39 is 0 Å². The highest BCUT2D eigenvalue weighted by molar-refractivity contribution is 5.81. The van der Waals surface area contributed by atoms with Crippen LogP contribution < -0.4 is 19.9 Å². The minimum atomic E-state index is -0.195. The van der Waals surface area contributed by atoms with Crippen molar-refractivity contribution in [2.75, 3.05) is 32.7 Å². The van der Waals surface area contributed by atoms with Gasteiger partial charge in [-0.25, -0.2) is 4.98 Å². The topological polar surface area (TPSA) is 80.3 Å². The van der Waals surface area contributed by atoms with E-state index in [1.165, 1.54) is 0 Å². The number of anilines is 1. The summed E-state index contributed by atoms with van der Waals surface area (Å²) in [4.78, 5) is 26.8. The van der Waals surface area contributed by atoms with Gasteiger partial charge in [0.15, 0.2) is 11.5 Å². The number of hydrogen-bond acceptors (Lipinski definition) is 6. The SMILES string of the molecule is COc1cc2nc(Cc3cnc4c(c3)N(C)CCC4)[nH]c(=O)c2cc1OC. The molecule has 0 spiro atoms. The lowest BCUT2D eigenvalue weighted by molar-refractivity contribution is 0.355. The van der Waals surface area contributed by atoms with Crippen molar-refractivity contribution in [2.24, 2.45) is 0 Å². The second-order valence-corrected chi connectivity index (χ2v) is 6.75. The molecule has 7 nitrogen and oxygen atoms in total. The molecule has 0 aliphatic carbocycles. The Morgan fingerprint density at radius 2 is 1.96 bits per heavy atom. The molecular weight excluding hydrogens is 344 g/mol. The molecular formula is C20H22N4O3. The molecule has 0 amide bonds. The summed E-state index contributed by atoms with van der Waals surface area (Å²) in [6.45, 7) is 1.03. The maximum atomic E-state index is 12.5. The zero-order valence-corrected chi connectivity index (χ0v) is 15.7. The van der Waals surface area contributed by atoms with Crippen LogP contribution in [0.25, 0.3) is 10.9 Å². The standard InChI is InChI=1S/C20H22N4O3/c1-24-6-4-5-14-16(24)7-12(11-21-14)8-19-22-15-10-18(27-3)17(26-2)9-13(15)20(25)23-19/h7,9-11H,4-6,8H2,1-3H3,(H,22,23,25). The Labute approximate surface area is 157 Å². The smallest absolute Gasteiger partial charge is 0.258 e. The monoisotopic (exact) mass is 366 g/mol. The molecule has 0 saturated heterocycles. The lowest BCUT2D eigenvalue weighted by Crippen LogP contribution is -2.25. The number of nitrogens with one attached hydrogen (secondary N) is 1. The summed E-state index contributed by atoms with van der Waals surface area (Å²) in [5, 5.41) is 0.472. The van der Waals surface area contributed by atoms with E-state index in [1.807, 2.05) is 6.20 Å². The van der Waals surface area contributed by atoms with Gasteiger partial charge in [0.1, 0.15) is 5.82 Å². The van der Waals surface area contributed by atoms with E-state index in [-0.39, 0.29) is 5.56 Å². The average Bonchev–Trinajstić information content (AvgIpc) is 2.67. The van der Waals surface area contributed by atoms with Crippen molar-refractivity contribution < 1.29 is 9.47 Å². The van der Waals surface area contributed by atoms with Crippen LogP contribution in [0.5, 0.6) is 11.5 Å². The Balaban J connectivity index is 1.72. The van der Waals surface area contributed by atoms with Gasteiger partial charge in [-0.05, 0) is 30.5 Å². The summed E-state index contributed by atoms with van der Waals surface area (Å²) in [6, 6.07) is 5.52. The number of methoxy groups -OCH3 is 2. The molecule has 1 aliphatic heterocycles. The summed E-state index contributed by atoms with van der Waals surface area (Å²) in [5.74, 6) is 1.65. The van der Waals surface area contributed by atoms with Gasteiger partial charge in [-0.3, -0.25) is 9.78 Å². The van der Waals surface area contributed by atoms with Crippen LogP contribution in [-0.2, 0) is 12.8 Å². The summed E-state index contributed by atoms with van der Waals surface area (Å²) in [5.41, 5.74) is 3.69. The first-order valence-electron chi connectivity index (χ1n) is 8.93. The summed E-state index contributed by atoms with van der Waals surface area (Å²) in [7, 11) is 5.19. The minimum Gasteiger partial charge on any atom is -0.493 e. The van der Waals surface area contributed by atoms with Crippen molar-refractivity contribution in [3.05, 3.63) is 51.8 Å². The maximum absolute atomic E-state index is 12.5. The number of aryl methyl sites for hydroxylation is 1. The van der Waals surface area contributed by atoms with Crippen LogP contribution in [0, 0.1) is 0 Å². The third-order valence-electron chi connectivity index (χ3n) is 4.95. The van der Waals surface area contributed by atoms with Crippen LogP contribution in [0.2, 0.25) is 0 Å². The average molecular weight is 366 g/mol. The molecule has 1 aromatic carbocycles. The third-order valence-corrected chi connectivity index (χ3v) is 4.95. The number of pyridine rings is 1. The van der Waals surface area contributed by atoms with Crippen molar-refractivity contribution in [2.45, 2.75) is 19.3 Å². The van der Waals surface area contributed by atoms with E-state index in [0.717, 1.165) is 36.3 Å². The van der Waals surface area contributed by atoms with Gasteiger partial charge in [-0.2, -0.15) is 0 Å². The van der Waals surface area contributed by atoms with Crippen molar-refractivity contribution >= 4 is 16.6 Å². The van der Waals surface area contributed by atoms with E-state index >= 15 is 0 Å². The van der Waals surface area contributed by atoms with Crippen LogP contribution in [0.15, 0.2) is 29.2 Å². The predicted molar refractivity (Wildman–Crippen MR) is 104 cm³/mol. The van der Waals surface area contributed by atoms with E-state index in [0.29, 0.717) is 34.6 Å². The molecule has 0 bridgehead atoms. The van der Waals surface area contributed by atoms with Crippen molar-refractivity contribution in [3.63, 3.8) is 0 Å².